The van der Waals surface area contributed by atoms with Crippen LogP contribution in [0.15, 0.2) is 50.1 Å². The molecule has 0 aliphatic rings. The summed E-state index contributed by atoms with van der Waals surface area (Å²) >= 11 is 1.54. The zero-order chi connectivity index (χ0) is 18.6. The number of methoxy groups -OCH3 is 1. The second-order valence-corrected chi connectivity index (χ2v) is 7.74. The smallest absolute Gasteiger partial charge is 0.258 e. The summed E-state index contributed by atoms with van der Waals surface area (Å²) in [7, 11) is 0.281. The largest absolute Gasteiger partial charge is 0.497 e. The molecule has 0 bridgehead atoms. The Kier molecular flexibility index (Phi) is 5.07. The molecule has 1 aromatic carbocycles. The predicted molar refractivity (Wildman–Crippen MR) is 99.4 cm³/mol. The van der Waals surface area contributed by atoms with Gasteiger partial charge in [-0.1, -0.05) is 22.4 Å². The minimum absolute atomic E-state index is 0.110. The summed E-state index contributed by atoms with van der Waals surface area (Å²) in [6.07, 6.45) is 0. The number of thiophene rings is 1. The first-order valence-corrected chi connectivity index (χ1v) is 10.3. The van der Waals surface area contributed by atoms with E-state index in [-0.39, 0.29) is 17.4 Å². The Morgan fingerprint density at radius 3 is 2.85 bits per heavy atom. The van der Waals surface area contributed by atoms with Crippen LogP contribution in [0.4, 0.5) is 0 Å². The SMILES string of the molecule is COc1cccc(-c2noc(CS(=O)Cc3noc(-c4ccsc4)n3)n2)c1. The summed E-state index contributed by atoms with van der Waals surface area (Å²) in [6.45, 7) is 0. The number of ether oxygens (including phenoxy) is 1. The maximum Gasteiger partial charge on any atom is 0.258 e. The molecule has 4 rings (SSSR count). The van der Waals surface area contributed by atoms with E-state index in [2.05, 4.69) is 20.3 Å². The Morgan fingerprint density at radius 1 is 1.11 bits per heavy atom. The lowest BCUT2D eigenvalue weighted by Crippen LogP contribution is -2.01. The number of nitrogens with zero attached hydrogens (tertiary/aromatic N) is 4. The van der Waals surface area contributed by atoms with Gasteiger partial charge in [0, 0.05) is 21.7 Å². The molecule has 0 aliphatic heterocycles. The third-order valence-electron chi connectivity index (χ3n) is 3.61. The first-order chi connectivity index (χ1) is 13.2. The van der Waals surface area contributed by atoms with Crippen molar-refractivity contribution < 1.29 is 18.0 Å². The van der Waals surface area contributed by atoms with Crippen molar-refractivity contribution in [2.24, 2.45) is 0 Å². The summed E-state index contributed by atoms with van der Waals surface area (Å²) < 4.78 is 28.0. The van der Waals surface area contributed by atoms with Crippen molar-refractivity contribution in [1.82, 2.24) is 20.3 Å². The molecule has 0 saturated carbocycles. The van der Waals surface area contributed by atoms with Crippen molar-refractivity contribution in [1.29, 1.82) is 0 Å². The highest BCUT2D eigenvalue weighted by atomic mass is 32.2. The van der Waals surface area contributed by atoms with Gasteiger partial charge in [0.2, 0.25) is 11.7 Å². The Hall–Kier alpha value is -2.85. The van der Waals surface area contributed by atoms with Crippen molar-refractivity contribution in [3.8, 4) is 28.6 Å². The molecule has 10 heteroatoms. The molecule has 0 saturated heterocycles. The number of aromatic nitrogens is 4. The van der Waals surface area contributed by atoms with E-state index < -0.39 is 10.8 Å². The van der Waals surface area contributed by atoms with Gasteiger partial charge in [-0.2, -0.15) is 21.3 Å². The zero-order valence-electron chi connectivity index (χ0n) is 14.2. The quantitative estimate of drug-likeness (QED) is 0.464. The molecule has 0 radical (unpaired) electrons. The van der Waals surface area contributed by atoms with E-state index in [0.29, 0.717) is 23.3 Å². The summed E-state index contributed by atoms with van der Waals surface area (Å²) in [5, 5.41) is 11.6. The van der Waals surface area contributed by atoms with E-state index in [9.17, 15) is 4.21 Å². The van der Waals surface area contributed by atoms with Gasteiger partial charge in [0.1, 0.15) is 11.5 Å². The fourth-order valence-electron chi connectivity index (χ4n) is 2.34. The van der Waals surface area contributed by atoms with E-state index in [1.165, 1.54) is 11.3 Å². The van der Waals surface area contributed by atoms with Gasteiger partial charge in [-0.05, 0) is 23.6 Å². The first kappa shape index (κ1) is 17.6. The van der Waals surface area contributed by atoms with Crippen LogP contribution in [0, 0.1) is 0 Å². The van der Waals surface area contributed by atoms with E-state index in [1.807, 2.05) is 35.0 Å². The highest BCUT2D eigenvalue weighted by Gasteiger charge is 2.16. The van der Waals surface area contributed by atoms with Crippen LogP contribution >= 0.6 is 11.3 Å². The Morgan fingerprint density at radius 2 is 2.04 bits per heavy atom. The monoisotopic (exact) mass is 402 g/mol. The lowest BCUT2D eigenvalue weighted by atomic mass is 10.2. The molecule has 4 aromatic rings. The summed E-state index contributed by atoms with van der Waals surface area (Å²) in [4.78, 5) is 8.56. The van der Waals surface area contributed by atoms with Crippen LogP contribution in [0.25, 0.3) is 22.8 Å². The fraction of sp³-hybridized carbons (Fsp3) is 0.176. The number of hydrogen-bond acceptors (Lipinski definition) is 9. The van der Waals surface area contributed by atoms with E-state index >= 15 is 0 Å². The third kappa shape index (κ3) is 4.12. The Labute approximate surface area is 160 Å². The van der Waals surface area contributed by atoms with Gasteiger partial charge in [-0.3, -0.25) is 4.21 Å². The minimum atomic E-state index is -1.31. The molecule has 8 nitrogen and oxygen atoms in total. The molecular weight excluding hydrogens is 388 g/mol. The standard InChI is InChI=1S/C17H14N4O4S2/c1-23-13-4-2-3-11(7-13)16-19-15(24-21-16)10-27(22)9-14-18-17(25-20-14)12-5-6-26-8-12/h2-8H,9-10H2,1H3. The van der Waals surface area contributed by atoms with Crippen LogP contribution in [0.2, 0.25) is 0 Å². The molecule has 1 unspecified atom stereocenters. The maximum atomic E-state index is 12.4. The number of rotatable bonds is 7. The minimum Gasteiger partial charge on any atom is -0.497 e. The number of benzene rings is 1. The summed E-state index contributed by atoms with van der Waals surface area (Å²) in [5.41, 5.74) is 1.61. The average molecular weight is 402 g/mol. The second-order valence-electron chi connectivity index (χ2n) is 5.50. The maximum absolute atomic E-state index is 12.4. The van der Waals surface area contributed by atoms with Gasteiger partial charge in [0.05, 0.1) is 18.4 Å². The lowest BCUT2D eigenvalue weighted by Gasteiger charge is -1.99. The second kappa shape index (κ2) is 7.80. The highest BCUT2D eigenvalue weighted by Crippen LogP contribution is 2.22. The Balaban J connectivity index is 1.41. The normalized spacial score (nSPS) is 12.2. The van der Waals surface area contributed by atoms with E-state index in [1.54, 1.807) is 13.2 Å². The third-order valence-corrected chi connectivity index (χ3v) is 5.44. The van der Waals surface area contributed by atoms with E-state index in [0.717, 1.165) is 11.1 Å². The molecule has 138 valence electrons. The molecule has 0 fully saturated rings. The molecule has 0 aliphatic carbocycles. The van der Waals surface area contributed by atoms with Crippen molar-refractivity contribution in [2.75, 3.05) is 7.11 Å². The van der Waals surface area contributed by atoms with Crippen molar-refractivity contribution >= 4 is 22.1 Å². The van der Waals surface area contributed by atoms with Crippen LogP contribution < -0.4 is 4.74 Å². The van der Waals surface area contributed by atoms with Gasteiger partial charge in [0.15, 0.2) is 5.82 Å². The van der Waals surface area contributed by atoms with Gasteiger partial charge >= 0.3 is 0 Å². The van der Waals surface area contributed by atoms with Crippen LogP contribution in [-0.2, 0) is 22.3 Å². The van der Waals surface area contributed by atoms with Crippen LogP contribution in [0.3, 0.4) is 0 Å². The lowest BCUT2D eigenvalue weighted by molar-refractivity contribution is 0.390. The van der Waals surface area contributed by atoms with E-state index in [4.69, 9.17) is 13.8 Å². The van der Waals surface area contributed by atoms with Gasteiger partial charge in [-0.15, -0.1) is 0 Å². The molecule has 27 heavy (non-hydrogen) atoms. The van der Waals surface area contributed by atoms with Crippen LogP contribution in [0.5, 0.6) is 5.75 Å². The summed E-state index contributed by atoms with van der Waals surface area (Å²) in [6, 6.07) is 9.20. The number of hydrogen-bond donors (Lipinski definition) is 0. The average Bonchev–Trinajstić information content (AvgIpc) is 3.43. The van der Waals surface area contributed by atoms with Gasteiger partial charge in [0.25, 0.3) is 5.89 Å². The molecule has 3 aromatic heterocycles. The predicted octanol–water partition coefficient (Wildman–Crippen LogP) is 3.31. The Bertz CT molecular complexity index is 1060. The first-order valence-electron chi connectivity index (χ1n) is 7.88. The van der Waals surface area contributed by atoms with Gasteiger partial charge < -0.3 is 13.8 Å². The van der Waals surface area contributed by atoms with Crippen molar-refractivity contribution in [2.45, 2.75) is 11.5 Å². The summed E-state index contributed by atoms with van der Waals surface area (Å²) in [5.74, 6) is 2.45. The molecule has 0 amide bonds. The molecule has 3 heterocycles. The molecule has 1 atom stereocenters. The van der Waals surface area contributed by atoms with Crippen molar-refractivity contribution in [3.05, 3.63) is 52.8 Å². The highest BCUT2D eigenvalue weighted by molar-refractivity contribution is 7.83. The zero-order valence-corrected chi connectivity index (χ0v) is 15.8. The topological polar surface area (TPSA) is 104 Å². The molecular formula is C17H14N4O4S2. The van der Waals surface area contributed by atoms with Crippen molar-refractivity contribution in [3.63, 3.8) is 0 Å². The fourth-order valence-corrected chi connectivity index (χ4v) is 3.87. The molecule has 0 spiro atoms. The van der Waals surface area contributed by atoms with Crippen LogP contribution in [-0.4, -0.2) is 31.6 Å². The van der Waals surface area contributed by atoms with Gasteiger partial charge in [-0.25, -0.2) is 0 Å². The van der Waals surface area contributed by atoms with Crippen LogP contribution in [0.1, 0.15) is 11.7 Å². The molecule has 0 N–H and O–H groups in total.